The van der Waals surface area contributed by atoms with E-state index in [1.807, 2.05) is 11.8 Å². The zero-order valence-corrected chi connectivity index (χ0v) is 14.5. The Bertz CT molecular complexity index is 425. The maximum absolute atomic E-state index is 5.85. The number of nitrogens with two attached hydrogens (primary N) is 1. The largest absolute Gasteiger partial charge is 0.271 e. The molecule has 1 saturated heterocycles. The van der Waals surface area contributed by atoms with Gasteiger partial charge in [-0.05, 0) is 16.5 Å². The summed E-state index contributed by atoms with van der Waals surface area (Å²) >= 11 is 4.10. The third-order valence-electron chi connectivity index (χ3n) is 3.88. The molecule has 3 atom stereocenters. The van der Waals surface area contributed by atoms with Gasteiger partial charge in [0.15, 0.2) is 0 Å². The molecule has 1 fully saturated rings. The fourth-order valence-electron chi connectivity index (χ4n) is 2.59. The van der Waals surface area contributed by atoms with Crippen LogP contribution in [0, 0.1) is 0 Å². The van der Waals surface area contributed by atoms with E-state index in [2.05, 4.69) is 69.1 Å². The molecule has 0 spiro atoms. The second-order valence-electron chi connectivity index (χ2n) is 6.43. The normalized spacial score (nSPS) is 25.4. The first-order valence-electron chi connectivity index (χ1n) is 7.23. The lowest BCUT2D eigenvalue weighted by atomic mass is 9.86. The van der Waals surface area contributed by atoms with Crippen LogP contribution in [-0.4, -0.2) is 22.0 Å². The molecule has 0 aromatic heterocycles. The van der Waals surface area contributed by atoms with Crippen molar-refractivity contribution < 1.29 is 0 Å². The Hall–Kier alpha value is -0.160. The summed E-state index contributed by atoms with van der Waals surface area (Å²) in [5.41, 5.74) is 5.91. The maximum atomic E-state index is 5.85. The third kappa shape index (κ3) is 3.73. The van der Waals surface area contributed by atoms with Gasteiger partial charge in [0.05, 0.1) is 6.04 Å². The highest BCUT2D eigenvalue weighted by Crippen LogP contribution is 2.38. The van der Waals surface area contributed by atoms with Gasteiger partial charge in [-0.25, -0.2) is 0 Å². The van der Waals surface area contributed by atoms with Gasteiger partial charge in [0.25, 0.3) is 0 Å². The van der Waals surface area contributed by atoms with Crippen molar-refractivity contribution in [3.8, 4) is 0 Å². The summed E-state index contributed by atoms with van der Waals surface area (Å²) < 4.78 is 0. The molecule has 2 rings (SSSR count). The van der Waals surface area contributed by atoms with Gasteiger partial charge in [-0.2, -0.15) is 23.5 Å². The first-order chi connectivity index (χ1) is 9.43. The average Bonchev–Trinajstić information content (AvgIpc) is 2.41. The molecule has 0 aliphatic carbocycles. The highest BCUT2D eigenvalue weighted by atomic mass is 32.2. The minimum absolute atomic E-state index is 0.201. The molecule has 0 amide bonds. The van der Waals surface area contributed by atoms with Crippen LogP contribution in [0.5, 0.6) is 0 Å². The number of rotatable bonds is 3. The number of hydrogen-bond donors (Lipinski definition) is 2. The lowest BCUT2D eigenvalue weighted by Gasteiger charge is -2.34. The van der Waals surface area contributed by atoms with Crippen LogP contribution in [0.4, 0.5) is 0 Å². The standard InChI is InChI=1S/C16H26N2S2/c1-11-15(20-10-9-19-11)14(18-17)12-5-7-13(8-6-12)16(2,3)4/h5-8,11,14-15,18H,9-10,17H2,1-4H3. The fourth-order valence-corrected chi connectivity index (χ4v) is 5.52. The van der Waals surface area contributed by atoms with E-state index in [-0.39, 0.29) is 11.5 Å². The molecule has 0 saturated carbocycles. The van der Waals surface area contributed by atoms with E-state index in [0.29, 0.717) is 10.5 Å². The van der Waals surface area contributed by atoms with E-state index in [0.717, 1.165) is 0 Å². The molecule has 2 nitrogen and oxygen atoms in total. The summed E-state index contributed by atoms with van der Waals surface area (Å²) in [5.74, 6) is 8.32. The van der Waals surface area contributed by atoms with Crippen LogP contribution in [0.1, 0.15) is 44.9 Å². The molecule has 1 aliphatic rings. The van der Waals surface area contributed by atoms with Crippen LogP contribution in [0.3, 0.4) is 0 Å². The van der Waals surface area contributed by atoms with E-state index >= 15 is 0 Å². The number of benzene rings is 1. The Morgan fingerprint density at radius 3 is 2.25 bits per heavy atom. The summed E-state index contributed by atoms with van der Waals surface area (Å²) in [6.07, 6.45) is 0. The third-order valence-corrected chi connectivity index (χ3v) is 7.08. The fraction of sp³-hybridized carbons (Fsp3) is 0.625. The van der Waals surface area contributed by atoms with Crippen molar-refractivity contribution in [3.05, 3.63) is 35.4 Å². The van der Waals surface area contributed by atoms with E-state index in [9.17, 15) is 0 Å². The molecule has 20 heavy (non-hydrogen) atoms. The van der Waals surface area contributed by atoms with Crippen molar-refractivity contribution >= 4 is 23.5 Å². The van der Waals surface area contributed by atoms with Gasteiger partial charge >= 0.3 is 0 Å². The SMILES string of the molecule is CC1SCCSC1C(NN)c1ccc(C(C)(C)C)cc1. The molecular formula is C16H26N2S2. The summed E-state index contributed by atoms with van der Waals surface area (Å²) in [4.78, 5) is 0. The van der Waals surface area contributed by atoms with Crippen molar-refractivity contribution in [2.75, 3.05) is 11.5 Å². The topological polar surface area (TPSA) is 38.0 Å². The van der Waals surface area contributed by atoms with Gasteiger partial charge in [-0.3, -0.25) is 11.3 Å². The number of nitrogens with one attached hydrogen (secondary N) is 1. The van der Waals surface area contributed by atoms with E-state index in [1.54, 1.807) is 0 Å². The second kappa shape index (κ2) is 6.73. The van der Waals surface area contributed by atoms with Crippen molar-refractivity contribution in [3.63, 3.8) is 0 Å². The van der Waals surface area contributed by atoms with Gasteiger partial charge in [0.2, 0.25) is 0 Å². The smallest absolute Gasteiger partial charge is 0.0589 e. The lowest BCUT2D eigenvalue weighted by molar-refractivity contribution is 0.525. The van der Waals surface area contributed by atoms with Gasteiger partial charge in [-0.1, -0.05) is 52.0 Å². The predicted molar refractivity (Wildman–Crippen MR) is 93.4 cm³/mol. The van der Waals surface area contributed by atoms with Crippen LogP contribution in [-0.2, 0) is 5.41 Å². The molecule has 1 aromatic carbocycles. The Morgan fingerprint density at radius 1 is 1.15 bits per heavy atom. The molecule has 1 heterocycles. The Morgan fingerprint density at radius 2 is 1.75 bits per heavy atom. The summed E-state index contributed by atoms with van der Waals surface area (Å²) in [6, 6.07) is 9.18. The Labute approximate surface area is 131 Å². The van der Waals surface area contributed by atoms with Crippen LogP contribution >= 0.6 is 23.5 Å². The highest BCUT2D eigenvalue weighted by molar-refractivity contribution is 8.07. The first-order valence-corrected chi connectivity index (χ1v) is 9.33. The van der Waals surface area contributed by atoms with E-state index in [1.165, 1.54) is 22.6 Å². The van der Waals surface area contributed by atoms with Crippen molar-refractivity contribution in [1.29, 1.82) is 0 Å². The Balaban J connectivity index is 2.19. The number of thioether (sulfide) groups is 2. The van der Waals surface area contributed by atoms with Gasteiger partial charge in [0, 0.05) is 22.0 Å². The number of hydrogen-bond acceptors (Lipinski definition) is 4. The summed E-state index contributed by atoms with van der Waals surface area (Å²) in [5, 5.41) is 1.18. The highest BCUT2D eigenvalue weighted by Gasteiger charge is 2.30. The molecule has 0 radical (unpaired) electrons. The van der Waals surface area contributed by atoms with E-state index < -0.39 is 0 Å². The van der Waals surface area contributed by atoms with Gasteiger partial charge < -0.3 is 0 Å². The van der Waals surface area contributed by atoms with Gasteiger partial charge in [-0.15, -0.1) is 0 Å². The zero-order chi connectivity index (χ0) is 14.8. The summed E-state index contributed by atoms with van der Waals surface area (Å²) in [7, 11) is 0. The van der Waals surface area contributed by atoms with Crippen LogP contribution < -0.4 is 11.3 Å². The predicted octanol–water partition coefficient (Wildman–Crippen LogP) is 3.73. The van der Waals surface area contributed by atoms with Crippen molar-refractivity contribution in [1.82, 2.24) is 5.43 Å². The summed E-state index contributed by atoms with van der Waals surface area (Å²) in [6.45, 7) is 9.05. The number of hydrazine groups is 1. The first kappa shape index (κ1) is 16.2. The minimum Gasteiger partial charge on any atom is -0.271 e. The Kier molecular flexibility index (Phi) is 5.46. The molecule has 112 valence electrons. The molecular weight excluding hydrogens is 284 g/mol. The molecule has 1 aliphatic heterocycles. The second-order valence-corrected chi connectivity index (χ2v) is 9.20. The molecule has 3 unspecified atom stereocenters. The molecule has 0 bridgehead atoms. The quantitative estimate of drug-likeness (QED) is 0.659. The molecule has 4 heteroatoms. The minimum atomic E-state index is 0.201. The van der Waals surface area contributed by atoms with Crippen LogP contribution in [0.2, 0.25) is 0 Å². The average molecular weight is 311 g/mol. The van der Waals surface area contributed by atoms with Crippen LogP contribution in [0.15, 0.2) is 24.3 Å². The van der Waals surface area contributed by atoms with E-state index in [4.69, 9.17) is 5.84 Å². The zero-order valence-electron chi connectivity index (χ0n) is 12.8. The maximum Gasteiger partial charge on any atom is 0.0589 e. The lowest BCUT2D eigenvalue weighted by Crippen LogP contribution is -2.40. The van der Waals surface area contributed by atoms with Crippen LogP contribution in [0.25, 0.3) is 0 Å². The van der Waals surface area contributed by atoms with Crippen molar-refractivity contribution in [2.24, 2.45) is 5.84 Å². The van der Waals surface area contributed by atoms with Gasteiger partial charge in [0.1, 0.15) is 0 Å². The molecule has 1 aromatic rings. The van der Waals surface area contributed by atoms with Crippen molar-refractivity contribution in [2.45, 2.75) is 49.7 Å². The molecule has 3 N–H and O–H groups in total. The monoisotopic (exact) mass is 310 g/mol.